The molecule has 0 unspecified atom stereocenters. The van der Waals surface area contributed by atoms with Crippen LogP contribution in [0.5, 0.6) is 0 Å². The molecule has 0 radical (unpaired) electrons. The van der Waals surface area contributed by atoms with Crippen LogP contribution in [0.15, 0.2) is 69.6 Å². The molecule has 0 spiro atoms. The largest absolute Gasteiger partial charge is 0.451 e. The highest BCUT2D eigenvalue weighted by molar-refractivity contribution is 9.10. The van der Waals surface area contributed by atoms with Crippen LogP contribution in [0.2, 0.25) is 0 Å². The van der Waals surface area contributed by atoms with Crippen LogP contribution >= 0.6 is 15.9 Å². The molecule has 0 bridgehead atoms. The lowest BCUT2D eigenvalue weighted by molar-refractivity contribution is 0.0967. The second kappa shape index (κ2) is 6.30. The summed E-state index contributed by atoms with van der Waals surface area (Å²) < 4.78 is 6.60. The van der Waals surface area contributed by atoms with Gasteiger partial charge in [0.15, 0.2) is 5.76 Å². The molecular weight excluding hydrogens is 356 g/mol. The second-order valence-corrected chi connectivity index (χ2v) is 6.01. The van der Waals surface area contributed by atoms with Crippen LogP contribution in [0, 0.1) is 0 Å². The van der Waals surface area contributed by atoms with E-state index in [0.717, 1.165) is 15.7 Å². The Labute approximate surface area is 142 Å². The van der Waals surface area contributed by atoms with Crippen molar-refractivity contribution in [2.45, 2.75) is 0 Å². The van der Waals surface area contributed by atoms with Crippen LogP contribution in [0.3, 0.4) is 0 Å². The number of furan rings is 1. The number of rotatable bonds is 3. The minimum Gasteiger partial charge on any atom is -0.451 e. The number of benzene rings is 2. The van der Waals surface area contributed by atoms with Crippen molar-refractivity contribution in [3.8, 4) is 11.3 Å². The molecule has 0 aliphatic heterocycles. The quantitative estimate of drug-likeness (QED) is 0.687. The topological polar surface area (TPSA) is 59.5 Å². The van der Waals surface area contributed by atoms with Gasteiger partial charge >= 0.3 is 0 Å². The molecule has 116 valence electrons. The van der Waals surface area contributed by atoms with E-state index in [-0.39, 0.29) is 11.7 Å². The van der Waals surface area contributed by atoms with Crippen molar-refractivity contribution in [2.75, 3.05) is 17.7 Å². The molecular formula is C18H15BrN2O2. The highest BCUT2D eigenvalue weighted by Crippen LogP contribution is 2.30. The van der Waals surface area contributed by atoms with Crippen LogP contribution in [0.1, 0.15) is 10.6 Å². The Bertz CT molecular complexity index is 843. The number of nitrogens with zero attached hydrogens (tertiary/aromatic N) is 1. The molecule has 1 amide bonds. The number of nitrogens with two attached hydrogens (primary N) is 1. The summed E-state index contributed by atoms with van der Waals surface area (Å²) in [5, 5.41) is 0. The molecule has 3 rings (SSSR count). The molecule has 1 aromatic heterocycles. The first-order valence-electron chi connectivity index (χ1n) is 7.04. The fraction of sp³-hybridized carbons (Fsp3) is 0.0556. The average Bonchev–Trinajstić information content (AvgIpc) is 3.04. The molecule has 5 heteroatoms. The smallest absolute Gasteiger partial charge is 0.293 e. The fourth-order valence-corrected chi connectivity index (χ4v) is 2.67. The summed E-state index contributed by atoms with van der Waals surface area (Å²) in [6.07, 6.45) is 0. The Hall–Kier alpha value is -2.53. The lowest BCUT2D eigenvalue weighted by Crippen LogP contribution is -2.25. The molecule has 0 saturated heterocycles. The Morgan fingerprint density at radius 2 is 1.83 bits per heavy atom. The van der Waals surface area contributed by atoms with E-state index in [1.54, 1.807) is 30.1 Å². The van der Waals surface area contributed by atoms with Crippen LogP contribution < -0.4 is 10.6 Å². The Morgan fingerprint density at radius 1 is 1.09 bits per heavy atom. The van der Waals surface area contributed by atoms with Crippen molar-refractivity contribution in [1.29, 1.82) is 0 Å². The first-order chi connectivity index (χ1) is 11.1. The average molecular weight is 371 g/mol. The van der Waals surface area contributed by atoms with Gasteiger partial charge in [0.25, 0.3) is 5.91 Å². The minimum absolute atomic E-state index is 0.210. The highest BCUT2D eigenvalue weighted by Gasteiger charge is 2.18. The summed E-state index contributed by atoms with van der Waals surface area (Å²) in [4.78, 5) is 14.1. The summed E-state index contributed by atoms with van der Waals surface area (Å²) in [6, 6.07) is 18.4. The number of amides is 1. The molecule has 4 nitrogen and oxygen atoms in total. The maximum absolute atomic E-state index is 12.5. The van der Waals surface area contributed by atoms with Gasteiger partial charge in [-0.2, -0.15) is 0 Å². The normalized spacial score (nSPS) is 10.5. The summed E-state index contributed by atoms with van der Waals surface area (Å²) in [5.41, 5.74) is 8.15. The van der Waals surface area contributed by atoms with Crippen molar-refractivity contribution in [2.24, 2.45) is 0 Å². The SMILES string of the molecule is CN(C(=O)c1ccc(-c2ccc(Br)cc2N)o1)c1ccccc1. The predicted octanol–water partition coefficient (Wildman–Crippen LogP) is 4.57. The Morgan fingerprint density at radius 3 is 2.52 bits per heavy atom. The molecule has 0 aliphatic rings. The first kappa shape index (κ1) is 15.4. The van der Waals surface area contributed by atoms with Gasteiger partial charge in [-0.3, -0.25) is 4.79 Å². The summed E-state index contributed by atoms with van der Waals surface area (Å²) in [5.74, 6) is 0.631. The van der Waals surface area contributed by atoms with E-state index in [0.29, 0.717) is 11.4 Å². The number of carbonyl (C=O) groups is 1. The van der Waals surface area contributed by atoms with Gasteiger partial charge in [0.05, 0.1) is 0 Å². The highest BCUT2D eigenvalue weighted by atomic mass is 79.9. The van der Waals surface area contributed by atoms with Gasteiger partial charge in [0.1, 0.15) is 5.76 Å². The summed E-state index contributed by atoms with van der Waals surface area (Å²) in [7, 11) is 1.72. The molecule has 0 fully saturated rings. The van der Waals surface area contributed by atoms with E-state index in [2.05, 4.69) is 15.9 Å². The lowest BCUT2D eigenvalue weighted by atomic mass is 10.1. The van der Waals surface area contributed by atoms with Crippen LogP contribution in [-0.2, 0) is 0 Å². The van der Waals surface area contributed by atoms with Gasteiger partial charge < -0.3 is 15.1 Å². The van der Waals surface area contributed by atoms with Crippen molar-refractivity contribution in [1.82, 2.24) is 0 Å². The third kappa shape index (κ3) is 3.14. The number of halogens is 1. The predicted molar refractivity (Wildman–Crippen MR) is 95.4 cm³/mol. The minimum atomic E-state index is -0.210. The van der Waals surface area contributed by atoms with Crippen LogP contribution in [0.4, 0.5) is 11.4 Å². The van der Waals surface area contributed by atoms with Gasteiger partial charge in [-0.15, -0.1) is 0 Å². The van der Waals surface area contributed by atoms with Crippen molar-refractivity contribution < 1.29 is 9.21 Å². The molecule has 1 heterocycles. The van der Waals surface area contributed by atoms with Crippen LogP contribution in [-0.4, -0.2) is 13.0 Å². The van der Waals surface area contributed by atoms with E-state index >= 15 is 0 Å². The molecule has 2 aromatic carbocycles. The zero-order valence-electron chi connectivity index (χ0n) is 12.5. The number of carbonyl (C=O) groups excluding carboxylic acids is 1. The zero-order chi connectivity index (χ0) is 16.4. The Balaban J connectivity index is 1.88. The standard InChI is InChI=1S/C18H15BrN2O2/c1-21(13-5-3-2-4-6-13)18(22)17-10-9-16(23-17)14-8-7-12(19)11-15(14)20/h2-11H,20H2,1H3. The molecule has 23 heavy (non-hydrogen) atoms. The van der Waals surface area contributed by atoms with Crippen molar-refractivity contribution in [3.05, 3.63) is 70.9 Å². The van der Waals surface area contributed by atoms with E-state index in [9.17, 15) is 4.79 Å². The first-order valence-corrected chi connectivity index (χ1v) is 7.84. The number of hydrogen-bond acceptors (Lipinski definition) is 3. The van der Waals surface area contributed by atoms with E-state index in [4.69, 9.17) is 10.2 Å². The van der Waals surface area contributed by atoms with Gasteiger partial charge in [-0.05, 0) is 42.5 Å². The lowest BCUT2D eigenvalue weighted by Gasteiger charge is -2.15. The maximum atomic E-state index is 12.5. The third-order valence-electron chi connectivity index (χ3n) is 3.54. The molecule has 2 N–H and O–H groups in total. The van der Waals surface area contributed by atoms with E-state index in [1.165, 1.54) is 0 Å². The molecule has 0 aliphatic carbocycles. The van der Waals surface area contributed by atoms with Gasteiger partial charge in [0.2, 0.25) is 0 Å². The van der Waals surface area contributed by atoms with Gasteiger partial charge in [-0.25, -0.2) is 0 Å². The number of anilines is 2. The van der Waals surface area contributed by atoms with E-state index < -0.39 is 0 Å². The molecule has 3 aromatic rings. The number of nitrogen functional groups attached to an aromatic ring is 1. The monoisotopic (exact) mass is 370 g/mol. The number of para-hydroxylation sites is 1. The summed E-state index contributed by atoms with van der Waals surface area (Å²) in [6.45, 7) is 0. The zero-order valence-corrected chi connectivity index (χ0v) is 14.1. The fourth-order valence-electron chi connectivity index (χ4n) is 2.29. The van der Waals surface area contributed by atoms with Crippen molar-refractivity contribution >= 4 is 33.2 Å². The molecule has 0 saturated carbocycles. The Kier molecular flexibility index (Phi) is 4.21. The molecule has 0 atom stereocenters. The van der Waals surface area contributed by atoms with Gasteiger partial charge in [-0.1, -0.05) is 34.1 Å². The maximum Gasteiger partial charge on any atom is 0.293 e. The second-order valence-electron chi connectivity index (χ2n) is 5.10. The number of hydrogen-bond donors (Lipinski definition) is 1. The van der Waals surface area contributed by atoms with Crippen LogP contribution in [0.25, 0.3) is 11.3 Å². The van der Waals surface area contributed by atoms with E-state index in [1.807, 2.05) is 42.5 Å². The van der Waals surface area contributed by atoms with Gasteiger partial charge in [0, 0.05) is 28.5 Å². The third-order valence-corrected chi connectivity index (χ3v) is 4.04. The summed E-state index contributed by atoms with van der Waals surface area (Å²) >= 11 is 3.37. The van der Waals surface area contributed by atoms with Crippen molar-refractivity contribution in [3.63, 3.8) is 0 Å².